The zero-order valence-electron chi connectivity index (χ0n) is 9.44. The molecule has 1 aromatic carbocycles. The smallest absolute Gasteiger partial charge is 0.137 e. The molecule has 1 aliphatic carbocycles. The minimum atomic E-state index is 0.238. The van der Waals surface area contributed by atoms with E-state index in [-0.39, 0.29) is 6.10 Å². The monoisotopic (exact) mass is 216 g/mol. The highest BCUT2D eigenvalue weighted by molar-refractivity contribution is 5.45. The van der Waals surface area contributed by atoms with Gasteiger partial charge in [-0.1, -0.05) is 6.07 Å². The molecule has 0 heterocycles. The van der Waals surface area contributed by atoms with Crippen LogP contribution in [0.1, 0.15) is 24.0 Å². The van der Waals surface area contributed by atoms with E-state index in [2.05, 4.69) is 6.07 Å². The van der Waals surface area contributed by atoms with Crippen LogP contribution in [-0.4, -0.2) is 12.6 Å². The lowest BCUT2D eigenvalue weighted by Gasteiger charge is -2.34. The number of nitriles is 1. The first-order valence-corrected chi connectivity index (χ1v) is 5.60. The number of aryl methyl sites for hydroxylation is 1. The molecule has 1 aliphatic rings. The van der Waals surface area contributed by atoms with Crippen molar-refractivity contribution in [2.45, 2.75) is 25.9 Å². The average molecular weight is 216 g/mol. The van der Waals surface area contributed by atoms with Gasteiger partial charge >= 0.3 is 0 Å². The van der Waals surface area contributed by atoms with E-state index in [1.54, 1.807) is 0 Å². The summed E-state index contributed by atoms with van der Waals surface area (Å²) >= 11 is 0. The Kier molecular flexibility index (Phi) is 3.12. The van der Waals surface area contributed by atoms with E-state index in [4.69, 9.17) is 15.7 Å². The third kappa shape index (κ3) is 2.17. The Morgan fingerprint density at radius 2 is 2.25 bits per heavy atom. The number of nitrogens with zero attached hydrogens (tertiary/aromatic N) is 1. The van der Waals surface area contributed by atoms with Crippen LogP contribution in [-0.2, 0) is 0 Å². The van der Waals surface area contributed by atoms with Crippen molar-refractivity contribution in [1.82, 2.24) is 0 Å². The summed E-state index contributed by atoms with van der Waals surface area (Å²) in [7, 11) is 0. The maximum absolute atomic E-state index is 8.96. The molecule has 3 heteroatoms. The quantitative estimate of drug-likeness (QED) is 0.840. The Bertz CT molecular complexity index is 416. The van der Waals surface area contributed by atoms with Crippen LogP contribution >= 0.6 is 0 Å². The molecule has 0 saturated heterocycles. The van der Waals surface area contributed by atoms with Gasteiger partial charge in [0.2, 0.25) is 0 Å². The highest BCUT2D eigenvalue weighted by atomic mass is 16.5. The van der Waals surface area contributed by atoms with Gasteiger partial charge in [0.1, 0.15) is 11.8 Å². The molecule has 0 radical (unpaired) electrons. The number of hydrogen-bond acceptors (Lipinski definition) is 3. The van der Waals surface area contributed by atoms with Gasteiger partial charge in [-0.2, -0.15) is 5.26 Å². The molecule has 0 aliphatic heterocycles. The van der Waals surface area contributed by atoms with Crippen LogP contribution in [0.2, 0.25) is 0 Å². The Morgan fingerprint density at radius 1 is 1.50 bits per heavy atom. The fraction of sp³-hybridized carbons (Fsp3) is 0.462. The average Bonchev–Trinajstić information content (AvgIpc) is 2.23. The van der Waals surface area contributed by atoms with Crippen molar-refractivity contribution in [1.29, 1.82) is 5.26 Å². The second-order valence-electron chi connectivity index (χ2n) is 4.42. The van der Waals surface area contributed by atoms with Crippen LogP contribution in [0.4, 0.5) is 0 Å². The summed E-state index contributed by atoms with van der Waals surface area (Å²) in [5.74, 6) is 1.31. The molecule has 1 fully saturated rings. The summed E-state index contributed by atoms with van der Waals surface area (Å²) in [5.41, 5.74) is 7.29. The minimum Gasteiger partial charge on any atom is -0.489 e. The predicted octanol–water partition coefficient (Wildman–Crippen LogP) is 1.98. The van der Waals surface area contributed by atoms with Crippen LogP contribution in [0, 0.1) is 24.2 Å². The molecule has 0 amide bonds. The first-order valence-electron chi connectivity index (χ1n) is 5.60. The molecule has 0 bridgehead atoms. The highest BCUT2D eigenvalue weighted by Gasteiger charge is 2.30. The van der Waals surface area contributed by atoms with Crippen molar-refractivity contribution in [3.05, 3.63) is 29.3 Å². The normalized spacial score (nSPS) is 23.3. The first-order chi connectivity index (χ1) is 7.72. The van der Waals surface area contributed by atoms with Crippen LogP contribution in [0.25, 0.3) is 0 Å². The SMILES string of the molecule is Cc1ccc(C#N)c(OC2CC(CN)C2)c1. The lowest BCUT2D eigenvalue weighted by molar-refractivity contribution is 0.0687. The van der Waals surface area contributed by atoms with Gasteiger partial charge in [0, 0.05) is 0 Å². The number of benzene rings is 1. The molecule has 0 spiro atoms. The van der Waals surface area contributed by atoms with Crippen molar-refractivity contribution < 1.29 is 4.74 Å². The molecule has 3 nitrogen and oxygen atoms in total. The molecule has 1 aromatic rings. The van der Waals surface area contributed by atoms with E-state index in [0.29, 0.717) is 17.2 Å². The zero-order valence-corrected chi connectivity index (χ0v) is 9.44. The Labute approximate surface area is 95.8 Å². The molecule has 1 saturated carbocycles. The summed E-state index contributed by atoms with van der Waals surface area (Å²) in [5, 5.41) is 8.96. The van der Waals surface area contributed by atoms with Crippen molar-refractivity contribution >= 4 is 0 Å². The molecule has 84 valence electrons. The van der Waals surface area contributed by atoms with Crippen molar-refractivity contribution in [3.63, 3.8) is 0 Å². The van der Waals surface area contributed by atoms with Gasteiger partial charge in [-0.15, -0.1) is 0 Å². The van der Waals surface area contributed by atoms with E-state index in [0.717, 1.165) is 24.9 Å². The molecular formula is C13H16N2O. The second-order valence-corrected chi connectivity index (χ2v) is 4.42. The van der Waals surface area contributed by atoms with Crippen LogP contribution in [0.15, 0.2) is 18.2 Å². The molecule has 0 atom stereocenters. The molecule has 2 N–H and O–H groups in total. The minimum absolute atomic E-state index is 0.238. The molecule has 0 aromatic heterocycles. The van der Waals surface area contributed by atoms with E-state index >= 15 is 0 Å². The summed E-state index contributed by atoms with van der Waals surface area (Å²) < 4.78 is 5.81. The fourth-order valence-electron chi connectivity index (χ4n) is 1.96. The largest absolute Gasteiger partial charge is 0.489 e. The maximum Gasteiger partial charge on any atom is 0.137 e. The number of hydrogen-bond donors (Lipinski definition) is 1. The van der Waals surface area contributed by atoms with Crippen molar-refractivity contribution in [2.75, 3.05) is 6.54 Å². The standard InChI is InChI=1S/C13H16N2O/c1-9-2-3-11(8-15)13(4-9)16-12-5-10(6-12)7-14/h2-4,10,12H,5-7,14H2,1H3. The van der Waals surface area contributed by atoms with Gasteiger partial charge in [-0.05, 0) is 49.9 Å². The van der Waals surface area contributed by atoms with Crippen LogP contribution < -0.4 is 10.5 Å². The van der Waals surface area contributed by atoms with E-state index in [1.807, 2.05) is 25.1 Å². The number of nitrogens with two attached hydrogens (primary N) is 1. The van der Waals surface area contributed by atoms with Gasteiger partial charge in [0.05, 0.1) is 11.7 Å². The summed E-state index contributed by atoms with van der Waals surface area (Å²) in [6.07, 6.45) is 2.26. The van der Waals surface area contributed by atoms with Crippen molar-refractivity contribution in [3.8, 4) is 11.8 Å². The molecule has 2 rings (SSSR count). The van der Waals surface area contributed by atoms with E-state index in [1.165, 1.54) is 0 Å². The summed E-state index contributed by atoms with van der Waals surface area (Å²) in [6.45, 7) is 2.73. The van der Waals surface area contributed by atoms with Gasteiger partial charge in [-0.25, -0.2) is 0 Å². The highest BCUT2D eigenvalue weighted by Crippen LogP contribution is 2.32. The third-order valence-electron chi connectivity index (χ3n) is 3.08. The Balaban J connectivity index is 2.04. The lowest BCUT2D eigenvalue weighted by atomic mass is 9.82. The van der Waals surface area contributed by atoms with Crippen molar-refractivity contribution in [2.24, 2.45) is 11.7 Å². The maximum atomic E-state index is 8.96. The molecule has 16 heavy (non-hydrogen) atoms. The van der Waals surface area contributed by atoms with Gasteiger partial charge < -0.3 is 10.5 Å². The summed E-state index contributed by atoms with van der Waals surface area (Å²) in [4.78, 5) is 0. The fourth-order valence-corrected chi connectivity index (χ4v) is 1.96. The zero-order chi connectivity index (χ0) is 11.5. The first kappa shape index (κ1) is 11.0. The molecular weight excluding hydrogens is 200 g/mol. The third-order valence-corrected chi connectivity index (χ3v) is 3.08. The van der Waals surface area contributed by atoms with Gasteiger partial charge in [-0.3, -0.25) is 0 Å². The molecule has 0 unspecified atom stereocenters. The topological polar surface area (TPSA) is 59.0 Å². The Hall–Kier alpha value is -1.53. The van der Waals surface area contributed by atoms with E-state index < -0.39 is 0 Å². The van der Waals surface area contributed by atoms with Gasteiger partial charge in [0.15, 0.2) is 0 Å². The van der Waals surface area contributed by atoms with Crippen LogP contribution in [0.5, 0.6) is 5.75 Å². The second kappa shape index (κ2) is 4.54. The lowest BCUT2D eigenvalue weighted by Crippen LogP contribution is -2.37. The Morgan fingerprint density at radius 3 is 2.88 bits per heavy atom. The van der Waals surface area contributed by atoms with Gasteiger partial charge in [0.25, 0.3) is 0 Å². The van der Waals surface area contributed by atoms with Crippen LogP contribution in [0.3, 0.4) is 0 Å². The van der Waals surface area contributed by atoms with E-state index in [9.17, 15) is 0 Å². The summed E-state index contributed by atoms with van der Waals surface area (Å²) in [6, 6.07) is 7.81. The predicted molar refractivity (Wildman–Crippen MR) is 62.1 cm³/mol. The number of rotatable bonds is 3. The number of ether oxygens (including phenoxy) is 1.